The topological polar surface area (TPSA) is 80.9 Å². The van der Waals surface area contributed by atoms with Gasteiger partial charge >= 0.3 is 0 Å². The molecule has 27 heavy (non-hydrogen) atoms. The number of nitrogens with one attached hydrogen (secondary N) is 1. The van der Waals surface area contributed by atoms with Gasteiger partial charge in [-0.05, 0) is 62.1 Å². The Morgan fingerprint density at radius 2 is 2.15 bits per heavy atom. The van der Waals surface area contributed by atoms with Crippen LogP contribution in [-0.4, -0.2) is 27.1 Å². The molecule has 6 rings (SSSR count). The summed E-state index contributed by atoms with van der Waals surface area (Å²) in [5.74, 6) is 1.86. The highest BCUT2D eigenvalue weighted by molar-refractivity contribution is 6.07. The maximum Gasteiger partial charge on any atom is 0.259 e. The molecule has 1 amide bonds. The Balaban J connectivity index is 1.43. The van der Waals surface area contributed by atoms with Crippen LogP contribution in [-0.2, 0) is 0 Å². The van der Waals surface area contributed by atoms with Crippen LogP contribution in [0.3, 0.4) is 0 Å². The molecule has 3 unspecified atom stereocenters. The van der Waals surface area contributed by atoms with Crippen LogP contribution in [0.1, 0.15) is 54.1 Å². The zero-order valence-electron chi connectivity index (χ0n) is 14.9. The first-order valence-corrected chi connectivity index (χ1v) is 9.79. The normalized spacial score (nSPS) is 26.1. The second-order valence-electron chi connectivity index (χ2n) is 8.14. The van der Waals surface area contributed by atoms with Crippen molar-refractivity contribution in [2.45, 2.75) is 44.1 Å². The van der Waals surface area contributed by atoms with Gasteiger partial charge in [-0.15, -0.1) is 0 Å². The number of fused-ring (bicyclic) bond motifs is 2. The quantitative estimate of drug-likeness (QED) is 0.767. The second-order valence-corrected chi connectivity index (χ2v) is 8.14. The largest absolute Gasteiger partial charge is 0.349 e. The van der Waals surface area contributed by atoms with Crippen molar-refractivity contribution in [3.63, 3.8) is 0 Å². The van der Waals surface area contributed by atoms with Gasteiger partial charge in [0, 0.05) is 29.9 Å². The van der Waals surface area contributed by atoms with Crippen LogP contribution in [0, 0.1) is 11.8 Å². The van der Waals surface area contributed by atoms with Crippen LogP contribution in [0.15, 0.2) is 35.1 Å². The number of nitrogens with zero attached hydrogens (tertiary/aromatic N) is 3. The highest BCUT2D eigenvalue weighted by Gasteiger charge is 2.47. The molecule has 3 atom stereocenters. The van der Waals surface area contributed by atoms with Gasteiger partial charge in [-0.3, -0.25) is 9.78 Å². The summed E-state index contributed by atoms with van der Waals surface area (Å²) in [4.78, 5) is 22.0. The second kappa shape index (κ2) is 5.62. The maximum atomic E-state index is 13.2. The van der Waals surface area contributed by atoms with Gasteiger partial charge in [0.05, 0.1) is 22.3 Å². The van der Waals surface area contributed by atoms with Crippen molar-refractivity contribution in [3.05, 3.63) is 41.9 Å². The maximum absolute atomic E-state index is 13.2. The first-order chi connectivity index (χ1) is 13.3. The van der Waals surface area contributed by atoms with E-state index in [-0.39, 0.29) is 5.91 Å². The lowest BCUT2D eigenvalue weighted by Crippen LogP contribution is -2.57. The monoisotopic (exact) mass is 360 g/mol. The molecular formula is C21H20N4O2. The van der Waals surface area contributed by atoms with E-state index in [2.05, 4.69) is 20.4 Å². The fraction of sp³-hybridized carbons (Fsp3) is 0.429. The van der Waals surface area contributed by atoms with Crippen molar-refractivity contribution in [2.75, 3.05) is 0 Å². The van der Waals surface area contributed by atoms with E-state index in [0.29, 0.717) is 34.8 Å². The van der Waals surface area contributed by atoms with Gasteiger partial charge in [0.15, 0.2) is 0 Å². The molecule has 1 N–H and O–H groups in total. The lowest BCUT2D eigenvalue weighted by molar-refractivity contribution is 0.00668. The van der Waals surface area contributed by atoms with E-state index in [0.717, 1.165) is 41.8 Å². The fourth-order valence-electron chi connectivity index (χ4n) is 4.58. The molecule has 6 heteroatoms. The summed E-state index contributed by atoms with van der Waals surface area (Å²) in [6.07, 6.45) is 9.33. The zero-order valence-corrected chi connectivity index (χ0v) is 14.9. The van der Waals surface area contributed by atoms with Gasteiger partial charge in [-0.1, -0.05) is 5.16 Å². The first kappa shape index (κ1) is 15.3. The molecule has 136 valence electrons. The Kier molecular flexibility index (Phi) is 3.19. The van der Waals surface area contributed by atoms with Gasteiger partial charge < -0.3 is 9.84 Å². The third kappa shape index (κ3) is 2.39. The number of carbonyl (C=O) groups is 1. The minimum absolute atomic E-state index is 0.0343. The zero-order chi connectivity index (χ0) is 18.0. The highest BCUT2D eigenvalue weighted by Crippen LogP contribution is 2.50. The molecule has 3 aromatic heterocycles. The number of hydrogen-bond acceptors (Lipinski definition) is 5. The summed E-state index contributed by atoms with van der Waals surface area (Å²) < 4.78 is 5.54. The molecule has 3 aliphatic rings. The van der Waals surface area contributed by atoms with Gasteiger partial charge in [-0.25, -0.2) is 4.98 Å². The Morgan fingerprint density at radius 3 is 2.81 bits per heavy atom. The van der Waals surface area contributed by atoms with Crippen LogP contribution in [0.25, 0.3) is 22.4 Å². The third-order valence-corrected chi connectivity index (χ3v) is 6.51. The van der Waals surface area contributed by atoms with Gasteiger partial charge in [0.1, 0.15) is 0 Å². The number of aromatic nitrogens is 3. The van der Waals surface area contributed by atoms with Gasteiger partial charge in [0.25, 0.3) is 11.6 Å². The molecule has 0 saturated heterocycles. The summed E-state index contributed by atoms with van der Waals surface area (Å²) in [5, 5.41) is 8.30. The molecule has 3 saturated carbocycles. The predicted molar refractivity (Wildman–Crippen MR) is 99.1 cm³/mol. The van der Waals surface area contributed by atoms with Crippen LogP contribution in [0.2, 0.25) is 0 Å². The van der Waals surface area contributed by atoms with E-state index in [1.807, 2.05) is 18.2 Å². The van der Waals surface area contributed by atoms with E-state index in [1.165, 1.54) is 12.8 Å². The molecule has 0 aromatic carbocycles. The summed E-state index contributed by atoms with van der Waals surface area (Å²) in [7, 11) is 0. The van der Waals surface area contributed by atoms with Crippen LogP contribution in [0.5, 0.6) is 0 Å². The highest BCUT2D eigenvalue weighted by atomic mass is 16.5. The van der Waals surface area contributed by atoms with Gasteiger partial charge in [-0.2, -0.15) is 0 Å². The van der Waals surface area contributed by atoms with E-state index >= 15 is 0 Å². The molecule has 3 fully saturated rings. The molecule has 0 spiro atoms. The van der Waals surface area contributed by atoms with E-state index in [4.69, 9.17) is 4.52 Å². The molecular weight excluding hydrogens is 340 g/mol. The van der Waals surface area contributed by atoms with Crippen molar-refractivity contribution in [3.8, 4) is 11.3 Å². The molecule has 3 aliphatic carbocycles. The molecule has 0 radical (unpaired) electrons. The SMILES string of the molecule is O=C(NC1CC2CCC21)c1cc(-c2cccnc2)nc2onc(C3CC3)c12. The van der Waals surface area contributed by atoms with E-state index in [1.54, 1.807) is 12.4 Å². The summed E-state index contributed by atoms with van der Waals surface area (Å²) in [6.45, 7) is 0. The summed E-state index contributed by atoms with van der Waals surface area (Å²) in [6, 6.07) is 5.98. The number of carbonyl (C=O) groups excluding carboxylic acids is 1. The van der Waals surface area contributed by atoms with Crippen molar-refractivity contribution in [1.29, 1.82) is 0 Å². The van der Waals surface area contributed by atoms with Crippen molar-refractivity contribution >= 4 is 17.0 Å². The van der Waals surface area contributed by atoms with Crippen LogP contribution in [0.4, 0.5) is 0 Å². The van der Waals surface area contributed by atoms with E-state index in [9.17, 15) is 4.79 Å². The summed E-state index contributed by atoms with van der Waals surface area (Å²) >= 11 is 0. The number of rotatable bonds is 4. The average molecular weight is 360 g/mol. The van der Waals surface area contributed by atoms with Crippen molar-refractivity contribution in [1.82, 2.24) is 20.4 Å². The Hall–Kier alpha value is -2.76. The standard InChI is InChI=1S/C21H20N4O2/c26-20(23-17-8-12-5-6-14(12)17)15-9-16(13-2-1-7-22-10-13)24-21-18(15)19(25-27-21)11-3-4-11/h1-2,7,9-12,14,17H,3-6,8H2,(H,23,26). The first-order valence-electron chi connectivity index (χ1n) is 9.79. The van der Waals surface area contributed by atoms with Crippen molar-refractivity contribution in [2.24, 2.45) is 11.8 Å². The van der Waals surface area contributed by atoms with Crippen LogP contribution >= 0.6 is 0 Å². The lowest BCUT2D eigenvalue weighted by Gasteiger charge is -2.53. The Morgan fingerprint density at radius 1 is 1.22 bits per heavy atom. The molecule has 3 heterocycles. The molecule has 0 aliphatic heterocycles. The van der Waals surface area contributed by atoms with Crippen LogP contribution < -0.4 is 5.32 Å². The smallest absolute Gasteiger partial charge is 0.259 e. The number of pyridine rings is 2. The lowest BCUT2D eigenvalue weighted by atomic mass is 9.56. The predicted octanol–water partition coefficient (Wildman–Crippen LogP) is 3.69. The average Bonchev–Trinajstić information content (AvgIpc) is 3.44. The minimum atomic E-state index is -0.0343. The van der Waals surface area contributed by atoms with Gasteiger partial charge in [0.2, 0.25) is 0 Å². The minimum Gasteiger partial charge on any atom is -0.349 e. The molecule has 3 aromatic rings. The third-order valence-electron chi connectivity index (χ3n) is 6.51. The fourth-order valence-corrected chi connectivity index (χ4v) is 4.58. The molecule has 0 bridgehead atoms. The summed E-state index contributed by atoms with van der Waals surface area (Å²) in [5.41, 5.74) is 3.51. The Bertz CT molecular complexity index is 1040. The Labute approximate surface area is 156 Å². The van der Waals surface area contributed by atoms with E-state index < -0.39 is 0 Å². The molecule has 6 nitrogen and oxygen atoms in total. The number of hydrogen-bond donors (Lipinski definition) is 1. The number of amides is 1. The van der Waals surface area contributed by atoms with Crippen molar-refractivity contribution < 1.29 is 9.32 Å².